The van der Waals surface area contributed by atoms with Crippen LogP contribution in [-0.2, 0) is 9.53 Å². The fraction of sp³-hybridized carbons (Fsp3) is 0.923. The maximum absolute atomic E-state index is 11.9. The summed E-state index contributed by atoms with van der Waals surface area (Å²) in [4.78, 5) is 14.0. The van der Waals surface area contributed by atoms with E-state index in [9.17, 15) is 4.79 Å². The zero-order valence-corrected chi connectivity index (χ0v) is 10.4. The van der Waals surface area contributed by atoms with Crippen LogP contribution >= 0.6 is 0 Å². The highest BCUT2D eigenvalue weighted by Gasteiger charge is 2.28. The van der Waals surface area contributed by atoms with Gasteiger partial charge in [0, 0.05) is 25.4 Å². The molecule has 2 heterocycles. The largest absolute Gasteiger partial charge is 0.381 e. The van der Waals surface area contributed by atoms with Crippen molar-refractivity contribution in [1.29, 1.82) is 0 Å². The van der Waals surface area contributed by atoms with E-state index < -0.39 is 0 Å². The van der Waals surface area contributed by atoms with Gasteiger partial charge in [0.1, 0.15) is 0 Å². The summed E-state index contributed by atoms with van der Waals surface area (Å²) in [7, 11) is 0. The first-order valence-corrected chi connectivity index (χ1v) is 6.52. The van der Waals surface area contributed by atoms with Gasteiger partial charge in [-0.3, -0.25) is 4.79 Å². The molecule has 2 aliphatic rings. The van der Waals surface area contributed by atoms with Crippen molar-refractivity contribution in [3.63, 3.8) is 0 Å². The molecule has 2 saturated heterocycles. The van der Waals surface area contributed by atoms with Crippen molar-refractivity contribution in [1.82, 2.24) is 4.90 Å². The fourth-order valence-electron chi connectivity index (χ4n) is 2.59. The predicted octanol–water partition coefficient (Wildman–Crippen LogP) is 1.92. The first-order chi connectivity index (χ1) is 7.66. The molecule has 0 unspecified atom stereocenters. The van der Waals surface area contributed by atoms with Gasteiger partial charge >= 0.3 is 0 Å². The Hall–Kier alpha value is -0.570. The number of ether oxygens (including phenoxy) is 1. The summed E-state index contributed by atoms with van der Waals surface area (Å²) < 4.78 is 5.10. The lowest BCUT2D eigenvalue weighted by Crippen LogP contribution is -2.42. The van der Waals surface area contributed by atoms with Crippen LogP contribution in [0.2, 0.25) is 0 Å². The summed E-state index contributed by atoms with van der Waals surface area (Å²) in [5.74, 6) is 2.42. The number of hydrogen-bond acceptors (Lipinski definition) is 2. The lowest BCUT2D eigenvalue weighted by Gasteiger charge is -2.35. The van der Waals surface area contributed by atoms with Crippen molar-refractivity contribution < 1.29 is 9.53 Å². The lowest BCUT2D eigenvalue weighted by molar-refractivity contribution is -0.138. The van der Waals surface area contributed by atoms with Crippen LogP contribution in [0, 0.1) is 17.8 Å². The minimum absolute atomic E-state index is 0.343. The second kappa shape index (κ2) is 5.17. The third kappa shape index (κ3) is 2.76. The Labute approximate surface area is 98.1 Å². The van der Waals surface area contributed by atoms with Crippen LogP contribution in [0.3, 0.4) is 0 Å². The summed E-state index contributed by atoms with van der Waals surface area (Å²) in [5.41, 5.74) is 0. The van der Waals surface area contributed by atoms with Gasteiger partial charge in [-0.1, -0.05) is 13.8 Å². The second-order valence-electron chi connectivity index (χ2n) is 5.57. The van der Waals surface area contributed by atoms with Crippen molar-refractivity contribution in [2.24, 2.45) is 17.8 Å². The molecule has 0 N–H and O–H groups in total. The molecule has 0 saturated carbocycles. The van der Waals surface area contributed by atoms with E-state index in [2.05, 4.69) is 18.7 Å². The number of piperidine rings is 1. The Balaban J connectivity index is 1.72. The van der Waals surface area contributed by atoms with Crippen LogP contribution in [-0.4, -0.2) is 37.1 Å². The number of amides is 1. The molecule has 2 aliphatic heterocycles. The Kier molecular flexibility index (Phi) is 3.85. The molecule has 0 aromatic carbocycles. The Morgan fingerprint density at radius 3 is 2.38 bits per heavy atom. The van der Waals surface area contributed by atoms with Crippen molar-refractivity contribution in [2.45, 2.75) is 33.1 Å². The van der Waals surface area contributed by atoms with Crippen LogP contribution in [0.5, 0.6) is 0 Å². The lowest BCUT2D eigenvalue weighted by atomic mass is 9.86. The van der Waals surface area contributed by atoms with E-state index in [0.29, 0.717) is 18.2 Å². The summed E-state index contributed by atoms with van der Waals surface area (Å²) >= 11 is 0. The van der Waals surface area contributed by atoms with Crippen molar-refractivity contribution in [3.8, 4) is 0 Å². The van der Waals surface area contributed by atoms with Crippen molar-refractivity contribution in [3.05, 3.63) is 0 Å². The van der Waals surface area contributed by atoms with E-state index in [1.54, 1.807) is 0 Å². The predicted molar refractivity (Wildman–Crippen MR) is 63.1 cm³/mol. The average molecular weight is 225 g/mol. The van der Waals surface area contributed by atoms with Gasteiger partial charge in [0.2, 0.25) is 5.91 Å². The number of carbonyl (C=O) groups excluding carboxylic acids is 1. The number of nitrogens with zero attached hydrogens (tertiary/aromatic N) is 1. The van der Waals surface area contributed by atoms with Gasteiger partial charge in [-0.15, -0.1) is 0 Å². The van der Waals surface area contributed by atoms with Crippen LogP contribution in [0.25, 0.3) is 0 Å². The zero-order valence-electron chi connectivity index (χ0n) is 10.4. The van der Waals surface area contributed by atoms with E-state index in [1.807, 2.05) is 0 Å². The van der Waals surface area contributed by atoms with E-state index in [0.717, 1.165) is 38.1 Å². The molecule has 0 aromatic heterocycles. The molecule has 0 aliphatic carbocycles. The second-order valence-corrected chi connectivity index (χ2v) is 5.57. The molecule has 0 spiro atoms. The molecular weight excluding hydrogens is 202 g/mol. The van der Waals surface area contributed by atoms with Crippen LogP contribution in [0.1, 0.15) is 33.1 Å². The summed E-state index contributed by atoms with van der Waals surface area (Å²) in [5, 5.41) is 0. The topological polar surface area (TPSA) is 29.5 Å². The Bertz CT molecular complexity index is 240. The molecule has 0 aromatic rings. The fourth-order valence-corrected chi connectivity index (χ4v) is 2.59. The maximum Gasteiger partial charge on any atom is 0.223 e. The van der Waals surface area contributed by atoms with Gasteiger partial charge in [0.05, 0.1) is 13.2 Å². The monoisotopic (exact) mass is 225 g/mol. The number of likely N-dealkylation sites (tertiary alicyclic amines) is 1. The van der Waals surface area contributed by atoms with Crippen molar-refractivity contribution >= 4 is 5.91 Å². The van der Waals surface area contributed by atoms with E-state index in [4.69, 9.17) is 4.74 Å². The molecule has 0 atom stereocenters. The third-order valence-electron chi connectivity index (χ3n) is 4.01. The molecule has 2 rings (SSSR count). The van der Waals surface area contributed by atoms with E-state index in [1.165, 1.54) is 12.8 Å². The molecule has 1 amide bonds. The first kappa shape index (κ1) is 11.9. The van der Waals surface area contributed by atoms with Crippen molar-refractivity contribution in [2.75, 3.05) is 26.3 Å². The minimum Gasteiger partial charge on any atom is -0.381 e. The van der Waals surface area contributed by atoms with Crippen LogP contribution < -0.4 is 0 Å². The molecular formula is C13H23NO2. The number of hydrogen-bond donors (Lipinski definition) is 0. The van der Waals surface area contributed by atoms with E-state index in [-0.39, 0.29) is 0 Å². The Morgan fingerprint density at radius 1 is 1.31 bits per heavy atom. The highest BCUT2D eigenvalue weighted by atomic mass is 16.5. The highest BCUT2D eigenvalue weighted by Crippen LogP contribution is 2.25. The SMILES string of the molecule is CC(C)C1CCN(C(=O)CC2COC2)CC1. The van der Waals surface area contributed by atoms with Crippen LogP contribution in [0.15, 0.2) is 0 Å². The average Bonchev–Trinajstić information content (AvgIpc) is 2.23. The number of rotatable bonds is 3. The molecule has 3 heteroatoms. The van der Waals surface area contributed by atoms with Gasteiger partial charge in [-0.25, -0.2) is 0 Å². The molecule has 3 nitrogen and oxygen atoms in total. The van der Waals surface area contributed by atoms with Gasteiger partial charge in [0.15, 0.2) is 0 Å². The number of carbonyl (C=O) groups is 1. The molecule has 16 heavy (non-hydrogen) atoms. The quantitative estimate of drug-likeness (QED) is 0.734. The van der Waals surface area contributed by atoms with E-state index >= 15 is 0 Å². The summed E-state index contributed by atoms with van der Waals surface area (Å²) in [6.07, 6.45) is 3.07. The van der Waals surface area contributed by atoms with Gasteiger partial charge < -0.3 is 9.64 Å². The summed E-state index contributed by atoms with van der Waals surface area (Å²) in [6.45, 7) is 8.08. The third-order valence-corrected chi connectivity index (χ3v) is 4.01. The highest BCUT2D eigenvalue weighted by molar-refractivity contribution is 5.76. The van der Waals surface area contributed by atoms with Gasteiger partial charge in [-0.05, 0) is 24.7 Å². The first-order valence-electron chi connectivity index (χ1n) is 6.52. The minimum atomic E-state index is 0.343. The molecule has 92 valence electrons. The molecule has 0 radical (unpaired) electrons. The summed E-state index contributed by atoms with van der Waals surface area (Å²) in [6, 6.07) is 0. The molecule has 2 fully saturated rings. The standard InChI is InChI=1S/C13H23NO2/c1-10(2)12-3-5-14(6-4-12)13(15)7-11-8-16-9-11/h10-12H,3-9H2,1-2H3. The van der Waals surface area contributed by atoms with Crippen LogP contribution in [0.4, 0.5) is 0 Å². The normalized spacial score (nSPS) is 23.6. The smallest absolute Gasteiger partial charge is 0.223 e. The van der Waals surface area contributed by atoms with Gasteiger partial charge in [0.25, 0.3) is 0 Å². The zero-order chi connectivity index (χ0) is 11.5. The maximum atomic E-state index is 11.9. The molecule has 0 bridgehead atoms. The Morgan fingerprint density at radius 2 is 1.94 bits per heavy atom. The van der Waals surface area contributed by atoms with Gasteiger partial charge in [-0.2, -0.15) is 0 Å².